The van der Waals surface area contributed by atoms with Crippen LogP contribution >= 0.6 is 0 Å². The van der Waals surface area contributed by atoms with Crippen LogP contribution in [0.5, 0.6) is 17.2 Å². The minimum absolute atomic E-state index is 0.158. The van der Waals surface area contributed by atoms with Crippen molar-refractivity contribution in [3.63, 3.8) is 0 Å². The number of carbonyl (C=O) groups excluding carboxylic acids is 2. The van der Waals surface area contributed by atoms with Crippen molar-refractivity contribution in [2.75, 3.05) is 39.4 Å². The van der Waals surface area contributed by atoms with Crippen molar-refractivity contribution >= 4 is 28.9 Å². The van der Waals surface area contributed by atoms with Crippen molar-refractivity contribution in [3.8, 4) is 17.2 Å². The summed E-state index contributed by atoms with van der Waals surface area (Å²) in [7, 11) is 4.61. The van der Waals surface area contributed by atoms with E-state index in [1.54, 1.807) is 24.0 Å². The number of esters is 1. The Kier molecular flexibility index (Phi) is 7.14. The smallest absolute Gasteiger partial charge is 0.321 e. The van der Waals surface area contributed by atoms with E-state index in [0.717, 1.165) is 23.9 Å². The number of hydrogen-bond acceptors (Lipinski definition) is 7. The lowest BCUT2D eigenvalue weighted by Gasteiger charge is -2.38. The molecule has 0 fully saturated rings. The van der Waals surface area contributed by atoms with Gasteiger partial charge in [0.1, 0.15) is 5.75 Å². The van der Waals surface area contributed by atoms with Gasteiger partial charge in [-0.1, -0.05) is 25.5 Å². The van der Waals surface area contributed by atoms with Crippen molar-refractivity contribution in [3.05, 3.63) is 42.0 Å². The Morgan fingerprint density at radius 3 is 2.34 bits per heavy atom. The SMILES string of the molecule is CCCCN1C(=O)[C@@H](C(=O)OCC)[C@@H](c2cc(OC)c(OC)cc2OC)n2c1nc1ccccc12. The highest BCUT2D eigenvalue weighted by molar-refractivity contribution is 6.08. The number of rotatable bonds is 9. The maximum absolute atomic E-state index is 13.9. The molecule has 186 valence electrons. The number of carbonyl (C=O) groups is 2. The van der Waals surface area contributed by atoms with Crippen molar-refractivity contribution in [1.29, 1.82) is 0 Å². The third-order valence-corrected chi connectivity index (χ3v) is 6.27. The number of nitrogens with zero attached hydrogens (tertiary/aromatic N) is 3. The quantitative estimate of drug-likeness (QED) is 0.337. The second-order valence-corrected chi connectivity index (χ2v) is 8.24. The van der Waals surface area contributed by atoms with Crippen LogP contribution in [0.3, 0.4) is 0 Å². The van der Waals surface area contributed by atoms with Crippen molar-refractivity contribution < 1.29 is 28.5 Å². The minimum Gasteiger partial charge on any atom is -0.496 e. The van der Waals surface area contributed by atoms with Gasteiger partial charge in [-0.25, -0.2) is 4.98 Å². The molecule has 2 aromatic carbocycles. The number of imidazole rings is 1. The Morgan fingerprint density at radius 1 is 1.00 bits per heavy atom. The summed E-state index contributed by atoms with van der Waals surface area (Å²) in [6.07, 6.45) is 1.66. The number of methoxy groups -OCH3 is 3. The standard InChI is InChI=1S/C26H31N3O6/c1-6-8-13-28-24(30)22(25(31)35-7-2)23(29-18-12-10-9-11-17(18)27-26(28)29)16-14-20(33-4)21(34-5)15-19(16)32-3/h9-12,14-15,22-23H,6-8,13H2,1-5H3/t22-,23+/m0/s1. The van der Waals surface area contributed by atoms with E-state index in [-0.39, 0.29) is 12.5 Å². The molecule has 0 N–H and O–H groups in total. The molecule has 2 heterocycles. The first-order chi connectivity index (χ1) is 17.0. The maximum atomic E-state index is 13.9. The average molecular weight is 482 g/mol. The minimum atomic E-state index is -1.14. The fourth-order valence-corrected chi connectivity index (χ4v) is 4.64. The molecular formula is C26H31N3O6. The fourth-order valence-electron chi connectivity index (χ4n) is 4.64. The fraction of sp³-hybridized carbons (Fsp3) is 0.423. The summed E-state index contributed by atoms with van der Waals surface area (Å²) in [5.41, 5.74) is 2.12. The number of fused-ring (bicyclic) bond motifs is 3. The highest BCUT2D eigenvalue weighted by Crippen LogP contribution is 2.47. The van der Waals surface area contributed by atoms with Gasteiger partial charge >= 0.3 is 5.97 Å². The van der Waals surface area contributed by atoms with Crippen LogP contribution in [0.25, 0.3) is 11.0 Å². The highest BCUT2D eigenvalue weighted by atomic mass is 16.5. The predicted molar refractivity (Wildman–Crippen MR) is 131 cm³/mol. The molecule has 1 amide bonds. The van der Waals surface area contributed by atoms with Crippen LogP contribution in [0, 0.1) is 5.92 Å². The van der Waals surface area contributed by atoms with Crippen LogP contribution in [0.15, 0.2) is 36.4 Å². The molecule has 1 aliphatic rings. The van der Waals surface area contributed by atoms with E-state index in [1.807, 2.05) is 28.8 Å². The summed E-state index contributed by atoms with van der Waals surface area (Å²) in [6.45, 7) is 4.39. The molecule has 2 atom stereocenters. The molecule has 0 spiro atoms. The molecule has 4 rings (SSSR count). The first-order valence-corrected chi connectivity index (χ1v) is 11.7. The summed E-state index contributed by atoms with van der Waals surface area (Å²) in [5, 5.41) is 0. The molecule has 1 aromatic heterocycles. The molecule has 1 aliphatic heterocycles. The van der Waals surface area contributed by atoms with E-state index in [2.05, 4.69) is 6.92 Å². The van der Waals surface area contributed by atoms with Gasteiger partial charge in [0.15, 0.2) is 17.4 Å². The van der Waals surface area contributed by atoms with Gasteiger partial charge in [0, 0.05) is 18.2 Å². The average Bonchev–Trinajstić information content (AvgIpc) is 3.26. The lowest BCUT2D eigenvalue weighted by Crippen LogP contribution is -2.50. The lowest BCUT2D eigenvalue weighted by molar-refractivity contribution is -0.153. The molecule has 9 heteroatoms. The van der Waals surface area contributed by atoms with Gasteiger partial charge in [-0.15, -0.1) is 0 Å². The van der Waals surface area contributed by atoms with Gasteiger partial charge in [0.05, 0.1) is 45.0 Å². The van der Waals surface area contributed by atoms with E-state index < -0.39 is 17.9 Å². The Bertz CT molecular complexity index is 1240. The third kappa shape index (κ3) is 4.15. The first kappa shape index (κ1) is 24.4. The van der Waals surface area contributed by atoms with Crippen LogP contribution in [0.2, 0.25) is 0 Å². The van der Waals surface area contributed by atoms with Gasteiger partial charge in [0.2, 0.25) is 11.9 Å². The molecule has 0 unspecified atom stereocenters. The van der Waals surface area contributed by atoms with Crippen LogP contribution in [0.1, 0.15) is 38.3 Å². The first-order valence-electron chi connectivity index (χ1n) is 11.7. The monoisotopic (exact) mass is 481 g/mol. The molecule has 35 heavy (non-hydrogen) atoms. The summed E-state index contributed by atoms with van der Waals surface area (Å²) in [6, 6.07) is 10.3. The highest BCUT2D eigenvalue weighted by Gasteiger charge is 2.48. The van der Waals surface area contributed by atoms with Crippen molar-refractivity contribution in [1.82, 2.24) is 9.55 Å². The number of anilines is 1. The van der Waals surface area contributed by atoms with E-state index in [0.29, 0.717) is 35.3 Å². The zero-order valence-corrected chi connectivity index (χ0v) is 20.7. The van der Waals surface area contributed by atoms with Crippen LogP contribution in [-0.2, 0) is 14.3 Å². The zero-order valence-electron chi connectivity index (χ0n) is 20.7. The largest absolute Gasteiger partial charge is 0.496 e. The summed E-state index contributed by atoms with van der Waals surface area (Å²) < 4.78 is 24.1. The Labute approximate surface area is 204 Å². The molecule has 9 nitrogen and oxygen atoms in total. The Morgan fingerprint density at radius 2 is 1.69 bits per heavy atom. The molecular weight excluding hydrogens is 450 g/mol. The van der Waals surface area contributed by atoms with Gasteiger partial charge < -0.3 is 23.5 Å². The number of para-hydroxylation sites is 2. The van der Waals surface area contributed by atoms with Crippen LogP contribution < -0.4 is 19.1 Å². The van der Waals surface area contributed by atoms with E-state index >= 15 is 0 Å². The van der Waals surface area contributed by atoms with Crippen LogP contribution in [0.4, 0.5) is 5.95 Å². The number of aromatic nitrogens is 2. The second-order valence-electron chi connectivity index (χ2n) is 8.24. The van der Waals surface area contributed by atoms with Gasteiger partial charge in [-0.2, -0.15) is 0 Å². The summed E-state index contributed by atoms with van der Waals surface area (Å²) >= 11 is 0. The molecule has 0 bridgehead atoms. The molecule has 0 radical (unpaired) electrons. The third-order valence-electron chi connectivity index (χ3n) is 6.27. The van der Waals surface area contributed by atoms with Gasteiger partial charge in [-0.05, 0) is 31.5 Å². The van der Waals surface area contributed by atoms with E-state index in [4.69, 9.17) is 23.9 Å². The summed E-state index contributed by atoms with van der Waals surface area (Å²) in [5.74, 6) is -0.191. The zero-order chi connectivity index (χ0) is 25.1. The Hall–Kier alpha value is -3.75. The molecule has 0 aliphatic carbocycles. The number of benzene rings is 2. The van der Waals surface area contributed by atoms with Crippen LogP contribution in [-0.4, -0.2) is 55.9 Å². The summed E-state index contributed by atoms with van der Waals surface area (Å²) in [4.78, 5) is 33.7. The number of hydrogen-bond donors (Lipinski definition) is 0. The number of ether oxygens (including phenoxy) is 4. The Balaban J connectivity index is 2.05. The normalized spacial score (nSPS) is 17.3. The van der Waals surface area contributed by atoms with Crippen molar-refractivity contribution in [2.45, 2.75) is 32.7 Å². The topological polar surface area (TPSA) is 92.1 Å². The van der Waals surface area contributed by atoms with Gasteiger partial charge in [0.25, 0.3) is 0 Å². The van der Waals surface area contributed by atoms with E-state index in [9.17, 15) is 9.59 Å². The molecule has 0 saturated heterocycles. The molecule has 0 saturated carbocycles. The number of amides is 1. The predicted octanol–water partition coefficient (Wildman–Crippen LogP) is 3.98. The second kappa shape index (κ2) is 10.2. The van der Waals surface area contributed by atoms with E-state index in [1.165, 1.54) is 21.3 Å². The van der Waals surface area contributed by atoms with Gasteiger partial charge in [-0.3, -0.25) is 14.5 Å². The lowest BCUT2D eigenvalue weighted by atomic mass is 9.88. The maximum Gasteiger partial charge on any atom is 0.321 e. The number of unbranched alkanes of at least 4 members (excludes halogenated alkanes) is 1. The van der Waals surface area contributed by atoms with Crippen molar-refractivity contribution in [2.24, 2.45) is 5.92 Å². The molecule has 3 aromatic rings.